The van der Waals surface area contributed by atoms with Crippen molar-refractivity contribution in [2.75, 3.05) is 0 Å². The van der Waals surface area contributed by atoms with Crippen LogP contribution in [-0.4, -0.2) is 22.3 Å². The third-order valence-corrected chi connectivity index (χ3v) is 6.38. The molecule has 0 aliphatic carbocycles. The highest BCUT2D eigenvalue weighted by Gasteiger charge is 2.72. The standard InChI is InChI=1S/C22H22ClNO5/c1-13-6-7-15(14-8-10-16(23)11-9-14)12-17(13)22(24(27)28)18(25)20(2,3)21(4,5)29-19(22)26/h6-12H,1-5H3. The number of Topliss-reactive ketones (excluding diaryl/α,β-unsaturated/α-hetero) is 1. The monoisotopic (exact) mass is 415 g/mol. The number of ketones is 1. The molecule has 1 aliphatic heterocycles. The fraction of sp³-hybridized carbons (Fsp3) is 0.364. The van der Waals surface area contributed by atoms with Gasteiger partial charge in [-0.2, -0.15) is 0 Å². The van der Waals surface area contributed by atoms with Crippen LogP contribution >= 0.6 is 11.6 Å². The molecule has 2 aromatic rings. The van der Waals surface area contributed by atoms with Gasteiger partial charge in [0.05, 0.1) is 15.9 Å². The summed E-state index contributed by atoms with van der Waals surface area (Å²) < 4.78 is 5.49. The zero-order valence-electron chi connectivity index (χ0n) is 16.9. The van der Waals surface area contributed by atoms with Gasteiger partial charge in [-0.05, 0) is 69.5 Å². The van der Waals surface area contributed by atoms with Crippen molar-refractivity contribution in [1.29, 1.82) is 0 Å². The van der Waals surface area contributed by atoms with Gasteiger partial charge < -0.3 is 4.74 Å². The van der Waals surface area contributed by atoms with Crippen molar-refractivity contribution in [3.63, 3.8) is 0 Å². The van der Waals surface area contributed by atoms with Crippen molar-refractivity contribution in [3.05, 3.63) is 68.7 Å². The first-order valence-corrected chi connectivity index (χ1v) is 9.53. The SMILES string of the molecule is Cc1ccc(-c2ccc(Cl)cc2)cc1C1([N+](=O)[O-])C(=O)OC(C)(C)C(C)(C)C1=O. The second kappa shape index (κ2) is 6.66. The van der Waals surface area contributed by atoms with Gasteiger partial charge in [0.2, 0.25) is 5.78 Å². The van der Waals surface area contributed by atoms with E-state index in [0.717, 1.165) is 5.56 Å². The van der Waals surface area contributed by atoms with Crippen LogP contribution in [0.2, 0.25) is 5.02 Å². The van der Waals surface area contributed by atoms with Gasteiger partial charge in [-0.3, -0.25) is 14.9 Å². The molecule has 6 nitrogen and oxygen atoms in total. The molecule has 3 rings (SSSR count). The molecule has 29 heavy (non-hydrogen) atoms. The molecule has 1 fully saturated rings. The number of aryl methyl sites for hydroxylation is 1. The van der Waals surface area contributed by atoms with Crippen LogP contribution in [0.3, 0.4) is 0 Å². The van der Waals surface area contributed by atoms with Crippen molar-refractivity contribution in [1.82, 2.24) is 0 Å². The van der Waals surface area contributed by atoms with Gasteiger partial charge in [-0.25, -0.2) is 4.79 Å². The Morgan fingerprint density at radius 2 is 1.52 bits per heavy atom. The van der Waals surface area contributed by atoms with Crippen LogP contribution in [0.4, 0.5) is 0 Å². The molecule has 0 N–H and O–H groups in total. The number of cyclic esters (lactones) is 1. The summed E-state index contributed by atoms with van der Waals surface area (Å²) in [5, 5.41) is 12.9. The maximum absolute atomic E-state index is 13.5. The molecule has 7 heteroatoms. The van der Waals surface area contributed by atoms with Gasteiger partial charge in [0.1, 0.15) is 5.60 Å². The fourth-order valence-electron chi connectivity index (χ4n) is 3.57. The van der Waals surface area contributed by atoms with E-state index in [4.69, 9.17) is 16.3 Å². The summed E-state index contributed by atoms with van der Waals surface area (Å²) in [4.78, 5) is 38.0. The number of ether oxygens (including phenoxy) is 1. The first-order valence-electron chi connectivity index (χ1n) is 9.15. The number of benzene rings is 2. The zero-order valence-corrected chi connectivity index (χ0v) is 17.7. The molecule has 0 radical (unpaired) electrons. The minimum absolute atomic E-state index is 0.0218. The number of esters is 1. The third-order valence-electron chi connectivity index (χ3n) is 6.12. The average molecular weight is 416 g/mol. The number of carbonyl (C=O) groups is 2. The van der Waals surface area contributed by atoms with Crippen LogP contribution in [-0.2, 0) is 19.9 Å². The van der Waals surface area contributed by atoms with Gasteiger partial charge in [-0.1, -0.05) is 35.9 Å². The maximum Gasteiger partial charge on any atom is 0.399 e. The fourth-order valence-corrected chi connectivity index (χ4v) is 3.70. The van der Waals surface area contributed by atoms with Gasteiger partial charge >= 0.3 is 11.5 Å². The van der Waals surface area contributed by atoms with Crippen molar-refractivity contribution in [3.8, 4) is 11.1 Å². The number of hydrogen-bond acceptors (Lipinski definition) is 5. The van der Waals surface area contributed by atoms with E-state index in [1.807, 2.05) is 0 Å². The number of hydrogen-bond donors (Lipinski definition) is 0. The summed E-state index contributed by atoms with van der Waals surface area (Å²) in [6.45, 7) is 7.95. The second-order valence-corrected chi connectivity index (χ2v) is 8.79. The molecule has 0 saturated carbocycles. The van der Waals surface area contributed by atoms with E-state index in [1.165, 1.54) is 6.07 Å². The molecule has 152 valence electrons. The van der Waals surface area contributed by atoms with Crippen LogP contribution in [0.25, 0.3) is 11.1 Å². The molecular weight excluding hydrogens is 394 g/mol. The van der Waals surface area contributed by atoms with E-state index >= 15 is 0 Å². The largest absolute Gasteiger partial charge is 0.453 e. The Hall–Kier alpha value is -2.73. The zero-order chi connectivity index (χ0) is 21.8. The Bertz CT molecular complexity index is 1030. The molecule has 2 aromatic carbocycles. The predicted octanol–water partition coefficient (Wildman–Crippen LogP) is 4.72. The van der Waals surface area contributed by atoms with E-state index in [0.29, 0.717) is 16.1 Å². The predicted molar refractivity (Wildman–Crippen MR) is 109 cm³/mol. The van der Waals surface area contributed by atoms with Crippen LogP contribution in [0, 0.1) is 22.5 Å². The lowest BCUT2D eigenvalue weighted by molar-refractivity contribution is -0.551. The minimum Gasteiger partial charge on any atom is -0.453 e. The molecule has 1 saturated heterocycles. The highest BCUT2D eigenvalue weighted by atomic mass is 35.5. The van der Waals surface area contributed by atoms with Crippen LogP contribution < -0.4 is 0 Å². The van der Waals surface area contributed by atoms with E-state index < -0.39 is 33.2 Å². The third kappa shape index (κ3) is 2.94. The van der Waals surface area contributed by atoms with Crippen LogP contribution in [0.15, 0.2) is 42.5 Å². The van der Waals surface area contributed by atoms with Crippen LogP contribution in [0.5, 0.6) is 0 Å². The number of halogens is 1. The Labute approximate surface area is 174 Å². The van der Waals surface area contributed by atoms with Gasteiger partial charge in [0, 0.05) is 5.02 Å². The summed E-state index contributed by atoms with van der Waals surface area (Å²) in [5.41, 5.74) is -3.20. The Kier molecular flexibility index (Phi) is 4.82. The smallest absolute Gasteiger partial charge is 0.399 e. The molecule has 0 bridgehead atoms. The lowest BCUT2D eigenvalue weighted by Crippen LogP contribution is -2.67. The lowest BCUT2D eigenvalue weighted by atomic mass is 9.63. The average Bonchev–Trinajstić information content (AvgIpc) is 2.62. The number of nitro groups is 1. The van der Waals surface area contributed by atoms with Crippen molar-refractivity contribution in [2.24, 2.45) is 5.41 Å². The topological polar surface area (TPSA) is 86.5 Å². The van der Waals surface area contributed by atoms with Crippen molar-refractivity contribution in [2.45, 2.75) is 45.8 Å². The van der Waals surface area contributed by atoms with Gasteiger partial charge in [0.25, 0.3) is 0 Å². The summed E-state index contributed by atoms with van der Waals surface area (Å²) in [5.74, 6) is -1.94. The van der Waals surface area contributed by atoms with E-state index in [-0.39, 0.29) is 5.56 Å². The summed E-state index contributed by atoms with van der Waals surface area (Å²) in [6, 6.07) is 11.9. The van der Waals surface area contributed by atoms with Crippen LogP contribution in [0.1, 0.15) is 38.8 Å². The molecule has 1 atom stereocenters. The Morgan fingerprint density at radius 3 is 2.07 bits per heavy atom. The maximum atomic E-state index is 13.5. The molecule has 1 unspecified atom stereocenters. The number of rotatable bonds is 3. The quantitative estimate of drug-likeness (QED) is 0.313. The van der Waals surface area contributed by atoms with Crippen molar-refractivity contribution < 1.29 is 19.2 Å². The van der Waals surface area contributed by atoms with E-state index in [1.54, 1.807) is 71.0 Å². The summed E-state index contributed by atoms with van der Waals surface area (Å²) >= 11 is 5.94. The first-order chi connectivity index (χ1) is 13.4. The Balaban J connectivity index is 2.29. The molecule has 0 amide bonds. The highest BCUT2D eigenvalue weighted by molar-refractivity contribution is 6.30. The number of nitrogens with zero attached hydrogens (tertiary/aromatic N) is 1. The molecule has 0 aromatic heterocycles. The minimum atomic E-state index is -2.62. The van der Waals surface area contributed by atoms with E-state index in [2.05, 4.69) is 0 Å². The lowest BCUT2D eigenvalue weighted by Gasteiger charge is -2.46. The number of carbonyl (C=O) groups excluding carboxylic acids is 2. The summed E-state index contributed by atoms with van der Waals surface area (Å²) in [7, 11) is 0. The van der Waals surface area contributed by atoms with Gasteiger partial charge in [0.15, 0.2) is 0 Å². The first kappa shape index (κ1) is 21.0. The molecule has 1 heterocycles. The highest BCUT2D eigenvalue weighted by Crippen LogP contribution is 2.49. The molecule has 0 spiro atoms. The van der Waals surface area contributed by atoms with Crippen molar-refractivity contribution >= 4 is 23.4 Å². The second-order valence-electron chi connectivity index (χ2n) is 8.36. The van der Waals surface area contributed by atoms with Gasteiger partial charge in [-0.15, -0.1) is 0 Å². The summed E-state index contributed by atoms with van der Waals surface area (Å²) in [6.07, 6.45) is 0. The normalized spacial score (nSPS) is 22.8. The Morgan fingerprint density at radius 1 is 0.966 bits per heavy atom. The molecular formula is C22H22ClNO5. The molecule has 1 aliphatic rings. The van der Waals surface area contributed by atoms with E-state index in [9.17, 15) is 19.7 Å².